The summed E-state index contributed by atoms with van der Waals surface area (Å²) in [4.78, 5) is 6.24. The highest BCUT2D eigenvalue weighted by Gasteiger charge is 2.15. The van der Waals surface area contributed by atoms with Crippen molar-refractivity contribution >= 4 is 11.6 Å². The minimum atomic E-state index is -0.219. The molecule has 0 bridgehead atoms. The number of nitrogens with zero attached hydrogens (tertiary/aromatic N) is 2. The Morgan fingerprint density at radius 2 is 1.90 bits per heavy atom. The number of benzene rings is 2. The number of para-hydroxylation sites is 2. The fraction of sp³-hybridized carbons (Fsp3) is 0.435. The molecule has 2 N–H and O–H groups in total. The Balaban J connectivity index is 1.48. The lowest BCUT2D eigenvalue weighted by atomic mass is 10.1. The van der Waals surface area contributed by atoms with E-state index in [1.54, 1.807) is 20.2 Å². The molecule has 0 saturated carbocycles. The Morgan fingerprint density at radius 3 is 2.58 bits per heavy atom. The van der Waals surface area contributed by atoms with Crippen molar-refractivity contribution in [3.63, 3.8) is 0 Å². The van der Waals surface area contributed by atoms with Gasteiger partial charge in [-0.05, 0) is 36.8 Å². The second-order valence-electron chi connectivity index (χ2n) is 7.27. The van der Waals surface area contributed by atoms with Crippen LogP contribution in [-0.4, -0.2) is 59.1 Å². The van der Waals surface area contributed by atoms with Gasteiger partial charge in [0.1, 0.15) is 11.9 Å². The van der Waals surface area contributed by atoms with E-state index in [1.807, 2.05) is 48.2 Å². The van der Waals surface area contributed by atoms with Crippen LogP contribution >= 0.6 is 0 Å². The van der Waals surface area contributed by atoms with Crippen LogP contribution < -0.4 is 25.0 Å². The number of morpholine rings is 1. The summed E-state index contributed by atoms with van der Waals surface area (Å²) in [6.07, 6.45) is -0.111. The number of ether oxygens (including phenoxy) is 3. The van der Waals surface area contributed by atoms with Gasteiger partial charge in [-0.1, -0.05) is 18.2 Å². The quantitative estimate of drug-likeness (QED) is 0.496. The maximum Gasteiger partial charge on any atom is 0.191 e. The van der Waals surface area contributed by atoms with E-state index in [1.165, 1.54) is 0 Å². The van der Waals surface area contributed by atoms with Crippen LogP contribution in [0.5, 0.6) is 11.5 Å². The highest BCUT2D eigenvalue weighted by Crippen LogP contribution is 2.26. The molecule has 0 aromatic heterocycles. The Labute approximate surface area is 183 Å². The van der Waals surface area contributed by atoms with Crippen LogP contribution in [0.1, 0.15) is 12.5 Å². The summed E-state index contributed by atoms with van der Waals surface area (Å²) in [6, 6.07) is 12.9. The first-order valence-electron chi connectivity index (χ1n) is 10.5. The number of methoxy groups -OCH3 is 1. The van der Waals surface area contributed by atoms with Gasteiger partial charge in [-0.25, -0.2) is 4.39 Å². The number of rotatable bonds is 8. The van der Waals surface area contributed by atoms with E-state index in [0.717, 1.165) is 5.56 Å². The molecule has 1 heterocycles. The summed E-state index contributed by atoms with van der Waals surface area (Å²) in [5, 5.41) is 6.44. The highest BCUT2D eigenvalue weighted by atomic mass is 19.1. The van der Waals surface area contributed by atoms with E-state index in [9.17, 15) is 4.39 Å². The maximum atomic E-state index is 14.6. The number of anilines is 1. The molecule has 0 radical (unpaired) electrons. The van der Waals surface area contributed by atoms with Crippen molar-refractivity contribution in [2.45, 2.75) is 19.6 Å². The topological polar surface area (TPSA) is 67.4 Å². The van der Waals surface area contributed by atoms with Crippen LogP contribution in [0.4, 0.5) is 10.1 Å². The average Bonchev–Trinajstić information content (AvgIpc) is 2.80. The van der Waals surface area contributed by atoms with Crippen molar-refractivity contribution in [2.75, 3.05) is 51.9 Å². The van der Waals surface area contributed by atoms with Gasteiger partial charge in [0.25, 0.3) is 0 Å². The van der Waals surface area contributed by atoms with E-state index < -0.39 is 0 Å². The predicted molar refractivity (Wildman–Crippen MR) is 121 cm³/mol. The minimum Gasteiger partial charge on any atom is -0.493 e. The first-order chi connectivity index (χ1) is 15.1. The van der Waals surface area contributed by atoms with Crippen molar-refractivity contribution in [1.82, 2.24) is 10.6 Å². The summed E-state index contributed by atoms with van der Waals surface area (Å²) in [5.74, 6) is 1.79. The van der Waals surface area contributed by atoms with Crippen molar-refractivity contribution in [1.29, 1.82) is 0 Å². The van der Waals surface area contributed by atoms with Crippen LogP contribution in [0.2, 0.25) is 0 Å². The van der Waals surface area contributed by atoms with Crippen molar-refractivity contribution in [3.8, 4) is 11.5 Å². The number of halogens is 1. The molecule has 3 rings (SSSR count). The Hall–Kier alpha value is -3.00. The van der Waals surface area contributed by atoms with E-state index >= 15 is 0 Å². The van der Waals surface area contributed by atoms with E-state index in [0.29, 0.717) is 62.5 Å². The molecular weight excluding hydrogens is 399 g/mol. The zero-order chi connectivity index (χ0) is 22.1. The predicted octanol–water partition coefficient (Wildman–Crippen LogP) is 2.80. The molecule has 2 aromatic rings. The van der Waals surface area contributed by atoms with Gasteiger partial charge in [0.15, 0.2) is 17.5 Å². The summed E-state index contributed by atoms with van der Waals surface area (Å²) < 4.78 is 31.2. The molecule has 1 aliphatic heterocycles. The lowest BCUT2D eigenvalue weighted by Crippen LogP contribution is -2.41. The third-order valence-electron chi connectivity index (χ3n) is 5.00. The van der Waals surface area contributed by atoms with Crippen LogP contribution in [0.3, 0.4) is 0 Å². The van der Waals surface area contributed by atoms with Crippen LogP contribution in [0.25, 0.3) is 0 Å². The molecule has 0 amide bonds. The molecule has 0 spiro atoms. The summed E-state index contributed by atoms with van der Waals surface area (Å²) in [6.45, 7) is 5.64. The van der Waals surface area contributed by atoms with E-state index in [-0.39, 0.29) is 11.9 Å². The molecule has 168 valence electrons. The first-order valence-corrected chi connectivity index (χ1v) is 10.5. The molecule has 31 heavy (non-hydrogen) atoms. The lowest BCUT2D eigenvalue weighted by molar-refractivity contribution is 0.122. The van der Waals surface area contributed by atoms with Crippen LogP contribution in [-0.2, 0) is 11.3 Å². The summed E-state index contributed by atoms with van der Waals surface area (Å²) >= 11 is 0. The Bertz CT molecular complexity index is 872. The molecular formula is C23H31FN4O3. The summed E-state index contributed by atoms with van der Waals surface area (Å²) in [7, 11) is 3.32. The number of hydrogen-bond donors (Lipinski definition) is 2. The van der Waals surface area contributed by atoms with Crippen molar-refractivity contribution < 1.29 is 18.6 Å². The second kappa shape index (κ2) is 11.4. The molecule has 1 aliphatic rings. The zero-order valence-electron chi connectivity index (χ0n) is 18.4. The molecule has 1 atom stereocenters. The fourth-order valence-corrected chi connectivity index (χ4v) is 3.34. The number of guanidine groups is 1. The van der Waals surface area contributed by atoms with Gasteiger partial charge in [-0.2, -0.15) is 0 Å². The molecule has 1 fully saturated rings. The van der Waals surface area contributed by atoms with Gasteiger partial charge in [0, 0.05) is 26.7 Å². The smallest absolute Gasteiger partial charge is 0.191 e. The van der Waals surface area contributed by atoms with Gasteiger partial charge < -0.3 is 29.7 Å². The fourth-order valence-electron chi connectivity index (χ4n) is 3.34. The third kappa shape index (κ3) is 6.49. The summed E-state index contributed by atoms with van der Waals surface area (Å²) in [5.41, 5.74) is 1.47. The van der Waals surface area contributed by atoms with Crippen LogP contribution in [0, 0.1) is 5.82 Å². The molecule has 1 unspecified atom stereocenters. The number of hydrogen-bond acceptors (Lipinski definition) is 5. The molecule has 0 aliphatic carbocycles. The SMILES string of the molecule is CN=C(NCc1ccc(N2CCOCC2)c(F)c1)NCC(C)Oc1ccccc1OC. The Kier molecular flexibility index (Phi) is 8.35. The monoisotopic (exact) mass is 430 g/mol. The maximum absolute atomic E-state index is 14.6. The standard InChI is InChI=1S/C23H31FN4O3/c1-17(31-22-7-5-4-6-21(22)29-3)15-26-23(25-2)27-16-18-8-9-20(19(24)14-18)28-10-12-30-13-11-28/h4-9,14,17H,10-13,15-16H2,1-3H3,(H2,25,26,27). The lowest BCUT2D eigenvalue weighted by Gasteiger charge is -2.29. The Morgan fingerprint density at radius 1 is 1.16 bits per heavy atom. The molecule has 1 saturated heterocycles. The minimum absolute atomic E-state index is 0.111. The third-order valence-corrected chi connectivity index (χ3v) is 5.00. The van der Waals surface area contributed by atoms with Crippen molar-refractivity contribution in [3.05, 3.63) is 53.8 Å². The highest BCUT2D eigenvalue weighted by molar-refractivity contribution is 5.79. The van der Waals surface area contributed by atoms with Crippen LogP contribution in [0.15, 0.2) is 47.5 Å². The largest absolute Gasteiger partial charge is 0.493 e. The molecule has 2 aromatic carbocycles. The van der Waals surface area contributed by atoms with Gasteiger partial charge in [0.05, 0.1) is 32.6 Å². The van der Waals surface area contributed by atoms with E-state index in [4.69, 9.17) is 14.2 Å². The molecule has 7 nitrogen and oxygen atoms in total. The zero-order valence-corrected chi connectivity index (χ0v) is 18.4. The van der Waals surface area contributed by atoms with Gasteiger partial charge >= 0.3 is 0 Å². The molecule has 8 heteroatoms. The van der Waals surface area contributed by atoms with Gasteiger partial charge in [0.2, 0.25) is 0 Å². The van der Waals surface area contributed by atoms with Gasteiger partial charge in [-0.3, -0.25) is 4.99 Å². The number of aliphatic imine (C=N–C) groups is 1. The second-order valence-corrected chi connectivity index (χ2v) is 7.27. The number of nitrogens with one attached hydrogen (secondary N) is 2. The van der Waals surface area contributed by atoms with Crippen molar-refractivity contribution in [2.24, 2.45) is 4.99 Å². The van der Waals surface area contributed by atoms with E-state index in [2.05, 4.69) is 15.6 Å². The average molecular weight is 431 g/mol. The normalized spacial score (nSPS) is 15.4. The van der Waals surface area contributed by atoms with Gasteiger partial charge in [-0.15, -0.1) is 0 Å². The first kappa shape index (κ1) is 22.7.